The van der Waals surface area contributed by atoms with E-state index in [4.69, 9.17) is 5.11 Å². The summed E-state index contributed by atoms with van der Waals surface area (Å²) in [6, 6.07) is 6.84. The van der Waals surface area contributed by atoms with Gasteiger partial charge in [-0.15, -0.1) is 11.8 Å². The van der Waals surface area contributed by atoms with E-state index in [9.17, 15) is 9.59 Å². The van der Waals surface area contributed by atoms with E-state index >= 15 is 0 Å². The highest BCUT2D eigenvalue weighted by Crippen LogP contribution is 2.18. The van der Waals surface area contributed by atoms with E-state index in [0.29, 0.717) is 12.5 Å². The molecule has 0 radical (unpaired) electrons. The van der Waals surface area contributed by atoms with Gasteiger partial charge >= 0.3 is 6.03 Å². The van der Waals surface area contributed by atoms with Crippen LogP contribution in [0, 0.1) is 5.92 Å². The topological polar surface area (TPSA) is 78.4 Å². The quantitative estimate of drug-likeness (QED) is 0.674. The van der Waals surface area contributed by atoms with Gasteiger partial charge in [-0.3, -0.25) is 10.1 Å². The SMILES string of the molecule is CC(C)CCNC(=O)NC(=O)CSc1ccc(CO)cc1. The fraction of sp³-hybridized carbons (Fsp3) is 0.467. The number of imide groups is 1. The summed E-state index contributed by atoms with van der Waals surface area (Å²) in [5, 5.41) is 13.9. The molecule has 0 aliphatic carbocycles. The number of carbonyl (C=O) groups excluding carboxylic acids is 2. The van der Waals surface area contributed by atoms with Crippen molar-refractivity contribution >= 4 is 23.7 Å². The summed E-state index contributed by atoms with van der Waals surface area (Å²) in [6.07, 6.45) is 0.883. The van der Waals surface area contributed by atoms with Crippen molar-refractivity contribution in [3.05, 3.63) is 29.8 Å². The first-order valence-corrected chi connectivity index (χ1v) is 7.90. The van der Waals surface area contributed by atoms with Crippen LogP contribution in [-0.4, -0.2) is 29.3 Å². The van der Waals surface area contributed by atoms with E-state index in [1.165, 1.54) is 11.8 Å². The van der Waals surface area contributed by atoms with E-state index in [2.05, 4.69) is 24.5 Å². The molecule has 0 saturated carbocycles. The molecule has 1 aromatic carbocycles. The fourth-order valence-electron chi connectivity index (χ4n) is 1.52. The summed E-state index contributed by atoms with van der Waals surface area (Å²) in [5.41, 5.74) is 0.827. The van der Waals surface area contributed by atoms with Crippen molar-refractivity contribution in [1.82, 2.24) is 10.6 Å². The third kappa shape index (κ3) is 7.72. The second-order valence-corrected chi connectivity index (χ2v) is 6.13. The minimum atomic E-state index is -0.447. The number of aliphatic hydroxyl groups is 1. The van der Waals surface area contributed by atoms with Crippen LogP contribution in [-0.2, 0) is 11.4 Å². The van der Waals surface area contributed by atoms with Crippen LogP contribution >= 0.6 is 11.8 Å². The van der Waals surface area contributed by atoms with Crippen LogP contribution in [0.5, 0.6) is 0 Å². The van der Waals surface area contributed by atoms with Crippen LogP contribution in [0.25, 0.3) is 0 Å². The van der Waals surface area contributed by atoms with Gasteiger partial charge in [-0.2, -0.15) is 0 Å². The first-order chi connectivity index (χ1) is 10.0. The van der Waals surface area contributed by atoms with E-state index < -0.39 is 6.03 Å². The Bertz CT molecular complexity index is 460. The van der Waals surface area contributed by atoms with Gasteiger partial charge in [0, 0.05) is 11.4 Å². The maximum Gasteiger partial charge on any atom is 0.321 e. The molecule has 0 heterocycles. The molecule has 0 aromatic heterocycles. The van der Waals surface area contributed by atoms with Crippen LogP contribution < -0.4 is 10.6 Å². The van der Waals surface area contributed by atoms with E-state index in [1.54, 1.807) is 12.1 Å². The number of thioether (sulfide) groups is 1. The Kier molecular flexibility index (Phi) is 7.85. The average molecular weight is 310 g/mol. The van der Waals surface area contributed by atoms with Gasteiger partial charge in [-0.25, -0.2) is 4.79 Å². The lowest BCUT2D eigenvalue weighted by Gasteiger charge is -2.08. The second-order valence-electron chi connectivity index (χ2n) is 5.08. The number of hydrogen-bond acceptors (Lipinski definition) is 4. The zero-order valence-corrected chi connectivity index (χ0v) is 13.2. The normalized spacial score (nSPS) is 10.5. The standard InChI is InChI=1S/C15H22N2O3S/c1-11(2)7-8-16-15(20)17-14(19)10-21-13-5-3-12(9-18)4-6-13/h3-6,11,18H,7-10H2,1-2H3,(H2,16,17,19,20). The smallest absolute Gasteiger partial charge is 0.321 e. The average Bonchev–Trinajstić information content (AvgIpc) is 2.45. The molecule has 0 spiro atoms. The van der Waals surface area contributed by atoms with E-state index in [-0.39, 0.29) is 18.3 Å². The van der Waals surface area contributed by atoms with Gasteiger partial charge in [-0.1, -0.05) is 26.0 Å². The first-order valence-electron chi connectivity index (χ1n) is 6.91. The van der Waals surface area contributed by atoms with Gasteiger partial charge in [0.2, 0.25) is 5.91 Å². The van der Waals surface area contributed by atoms with Crippen LogP contribution in [0.15, 0.2) is 29.2 Å². The second kappa shape index (κ2) is 9.41. The number of aliphatic hydroxyl groups excluding tert-OH is 1. The minimum absolute atomic E-state index is 0.00197. The minimum Gasteiger partial charge on any atom is -0.392 e. The van der Waals surface area contributed by atoms with Crippen molar-refractivity contribution in [2.45, 2.75) is 31.8 Å². The van der Waals surface area contributed by atoms with Crippen molar-refractivity contribution in [3.8, 4) is 0 Å². The Morgan fingerprint density at radius 3 is 2.48 bits per heavy atom. The highest BCUT2D eigenvalue weighted by atomic mass is 32.2. The molecule has 0 fully saturated rings. The fourth-order valence-corrected chi connectivity index (χ4v) is 2.22. The van der Waals surface area contributed by atoms with Gasteiger partial charge in [0.15, 0.2) is 0 Å². The molecule has 0 aliphatic heterocycles. The monoisotopic (exact) mass is 310 g/mol. The van der Waals surface area contributed by atoms with Crippen LogP contribution in [0.1, 0.15) is 25.8 Å². The van der Waals surface area contributed by atoms with Gasteiger partial charge in [0.1, 0.15) is 0 Å². The summed E-state index contributed by atoms with van der Waals surface area (Å²) < 4.78 is 0. The lowest BCUT2D eigenvalue weighted by molar-refractivity contribution is -0.117. The van der Waals surface area contributed by atoms with Crippen molar-refractivity contribution in [3.63, 3.8) is 0 Å². The Morgan fingerprint density at radius 2 is 1.90 bits per heavy atom. The van der Waals surface area contributed by atoms with Crippen molar-refractivity contribution in [1.29, 1.82) is 0 Å². The predicted octanol–water partition coefficient (Wildman–Crippen LogP) is 2.14. The summed E-state index contributed by atoms with van der Waals surface area (Å²) >= 11 is 1.34. The molecule has 0 unspecified atom stereocenters. The molecule has 0 bridgehead atoms. The molecule has 1 aromatic rings. The Hall–Kier alpha value is -1.53. The highest BCUT2D eigenvalue weighted by molar-refractivity contribution is 8.00. The van der Waals surface area contributed by atoms with E-state index in [1.807, 2.05) is 12.1 Å². The molecule has 6 heteroatoms. The molecular weight excluding hydrogens is 288 g/mol. The molecular formula is C15H22N2O3S. The molecule has 0 atom stereocenters. The summed E-state index contributed by atoms with van der Waals surface area (Å²) in [7, 11) is 0. The molecule has 0 aliphatic rings. The van der Waals surface area contributed by atoms with Crippen LogP contribution in [0.3, 0.4) is 0 Å². The highest BCUT2D eigenvalue weighted by Gasteiger charge is 2.08. The molecule has 5 nitrogen and oxygen atoms in total. The maximum atomic E-state index is 11.6. The molecule has 3 amide bonds. The number of amides is 3. The number of rotatable bonds is 7. The van der Waals surface area contributed by atoms with Gasteiger partial charge in [0.25, 0.3) is 0 Å². The summed E-state index contributed by atoms with van der Waals surface area (Å²) in [5.74, 6) is 0.363. The van der Waals surface area contributed by atoms with Gasteiger partial charge < -0.3 is 10.4 Å². The Balaban J connectivity index is 2.25. The third-order valence-corrected chi connectivity index (χ3v) is 3.75. The lowest BCUT2D eigenvalue weighted by atomic mass is 10.1. The van der Waals surface area contributed by atoms with Crippen molar-refractivity contribution in [2.24, 2.45) is 5.92 Å². The summed E-state index contributed by atoms with van der Waals surface area (Å²) in [6.45, 7) is 4.71. The number of hydrogen-bond donors (Lipinski definition) is 3. The van der Waals surface area contributed by atoms with Gasteiger partial charge in [-0.05, 0) is 30.0 Å². The molecule has 1 rings (SSSR count). The number of benzene rings is 1. The first kappa shape index (κ1) is 17.5. The largest absolute Gasteiger partial charge is 0.392 e. The zero-order valence-electron chi connectivity index (χ0n) is 12.4. The molecule has 21 heavy (non-hydrogen) atoms. The lowest BCUT2D eigenvalue weighted by Crippen LogP contribution is -2.40. The third-order valence-electron chi connectivity index (χ3n) is 2.74. The predicted molar refractivity (Wildman–Crippen MR) is 84.1 cm³/mol. The van der Waals surface area contributed by atoms with Crippen LogP contribution in [0.2, 0.25) is 0 Å². The number of urea groups is 1. The van der Waals surface area contributed by atoms with Gasteiger partial charge in [0.05, 0.1) is 12.4 Å². The Morgan fingerprint density at radius 1 is 1.24 bits per heavy atom. The van der Waals surface area contributed by atoms with E-state index in [0.717, 1.165) is 16.9 Å². The van der Waals surface area contributed by atoms with Crippen molar-refractivity contribution in [2.75, 3.05) is 12.3 Å². The number of carbonyl (C=O) groups is 2. The molecule has 0 saturated heterocycles. The number of nitrogens with one attached hydrogen (secondary N) is 2. The van der Waals surface area contributed by atoms with Crippen LogP contribution in [0.4, 0.5) is 4.79 Å². The maximum absolute atomic E-state index is 11.6. The Labute approximate surface area is 129 Å². The zero-order chi connectivity index (χ0) is 15.7. The van der Waals surface area contributed by atoms with Crippen molar-refractivity contribution < 1.29 is 14.7 Å². The molecule has 116 valence electrons. The molecule has 3 N–H and O–H groups in total. The summed E-state index contributed by atoms with van der Waals surface area (Å²) in [4.78, 5) is 24.0.